The number of ether oxygens (including phenoxy) is 1. The van der Waals surface area contributed by atoms with Crippen molar-refractivity contribution in [3.63, 3.8) is 0 Å². The standard InChI is InChI=1S/C29H23ClF4N6O4/c30-21-7-2-1-6-20(21)24(25(42)37-17-13-29(33,34)14-17)39(18-4-3-5-19(12-18)44-27(31)32)26(43)22-8-9-23(41)40(22)28-36-11-10-16(15-35)38-28/h1-7,10-12,17,22,24,27H,8-9,13-14H2,(H,37,42). The topological polar surface area (TPSA) is 129 Å². The molecule has 0 spiro atoms. The van der Waals surface area contributed by atoms with Gasteiger partial charge in [-0.25, -0.2) is 18.7 Å². The van der Waals surface area contributed by atoms with Gasteiger partial charge in [0, 0.05) is 53.8 Å². The minimum Gasteiger partial charge on any atom is -0.435 e. The molecular formula is C29H23ClF4N6O4. The number of carbonyl (C=O) groups is 3. The fourth-order valence-corrected chi connectivity index (χ4v) is 5.45. The predicted octanol–water partition coefficient (Wildman–Crippen LogP) is 4.79. The van der Waals surface area contributed by atoms with E-state index in [1.165, 1.54) is 42.6 Å². The Labute approximate surface area is 253 Å². The van der Waals surface area contributed by atoms with E-state index in [-0.39, 0.29) is 46.5 Å². The van der Waals surface area contributed by atoms with Gasteiger partial charge in [-0.3, -0.25) is 24.2 Å². The molecular weight excluding hydrogens is 608 g/mol. The van der Waals surface area contributed by atoms with Crippen molar-refractivity contribution in [3.8, 4) is 11.8 Å². The van der Waals surface area contributed by atoms with E-state index in [9.17, 15) is 37.2 Å². The maximum atomic E-state index is 14.5. The van der Waals surface area contributed by atoms with Crippen molar-refractivity contribution >= 4 is 41.0 Å². The molecule has 228 valence electrons. The molecule has 2 aromatic carbocycles. The number of nitriles is 1. The second-order valence-electron chi connectivity index (χ2n) is 10.1. The summed E-state index contributed by atoms with van der Waals surface area (Å²) in [7, 11) is 0. The minimum atomic E-state index is -3.20. The molecule has 2 fully saturated rings. The Bertz CT molecular complexity index is 1630. The third-order valence-electron chi connectivity index (χ3n) is 7.17. The normalized spacial score (nSPS) is 18.3. The van der Waals surface area contributed by atoms with Crippen LogP contribution in [0.2, 0.25) is 5.02 Å². The molecule has 1 saturated heterocycles. The molecule has 1 aliphatic carbocycles. The lowest BCUT2D eigenvalue weighted by molar-refractivity contribution is -0.133. The number of alkyl halides is 4. The molecule has 15 heteroatoms. The lowest BCUT2D eigenvalue weighted by atomic mass is 9.87. The van der Waals surface area contributed by atoms with E-state index in [2.05, 4.69) is 20.0 Å². The summed E-state index contributed by atoms with van der Waals surface area (Å²) in [6.45, 7) is -3.20. The zero-order chi connectivity index (χ0) is 31.6. The monoisotopic (exact) mass is 630 g/mol. The molecule has 0 radical (unpaired) electrons. The number of amides is 3. The van der Waals surface area contributed by atoms with Crippen LogP contribution in [0.15, 0.2) is 60.8 Å². The van der Waals surface area contributed by atoms with Crippen molar-refractivity contribution in [2.24, 2.45) is 0 Å². The van der Waals surface area contributed by atoms with Crippen LogP contribution in [0.5, 0.6) is 5.75 Å². The number of hydrogen-bond donors (Lipinski definition) is 1. The van der Waals surface area contributed by atoms with Gasteiger partial charge in [-0.15, -0.1) is 0 Å². The van der Waals surface area contributed by atoms with Crippen LogP contribution in [0.4, 0.5) is 29.2 Å². The maximum Gasteiger partial charge on any atom is 0.387 e. The van der Waals surface area contributed by atoms with E-state index < -0.39 is 61.2 Å². The van der Waals surface area contributed by atoms with Gasteiger partial charge in [0.25, 0.3) is 11.8 Å². The van der Waals surface area contributed by atoms with Crippen LogP contribution in [0.3, 0.4) is 0 Å². The molecule has 1 aromatic heterocycles. The highest BCUT2D eigenvalue weighted by Crippen LogP contribution is 2.40. The lowest BCUT2D eigenvalue weighted by Crippen LogP contribution is -2.56. The summed E-state index contributed by atoms with van der Waals surface area (Å²) < 4.78 is 58.1. The molecule has 2 atom stereocenters. The first-order valence-electron chi connectivity index (χ1n) is 13.3. The summed E-state index contributed by atoms with van der Waals surface area (Å²) in [6, 6.07) is 10.4. The van der Waals surface area contributed by atoms with E-state index in [0.29, 0.717) is 0 Å². The van der Waals surface area contributed by atoms with Gasteiger partial charge in [0.2, 0.25) is 17.8 Å². The van der Waals surface area contributed by atoms with Crippen molar-refractivity contribution in [3.05, 3.63) is 77.1 Å². The fourth-order valence-electron chi connectivity index (χ4n) is 5.21. The third kappa shape index (κ3) is 6.42. The molecule has 3 amide bonds. The summed E-state index contributed by atoms with van der Waals surface area (Å²) in [5, 5.41) is 11.9. The Morgan fingerprint density at radius 3 is 2.59 bits per heavy atom. The van der Waals surface area contributed by atoms with E-state index in [1.54, 1.807) is 12.1 Å². The zero-order valence-electron chi connectivity index (χ0n) is 22.7. The van der Waals surface area contributed by atoms with Gasteiger partial charge in [0.1, 0.15) is 29.6 Å². The van der Waals surface area contributed by atoms with Gasteiger partial charge in [0.05, 0.1) is 0 Å². The van der Waals surface area contributed by atoms with Crippen molar-refractivity contribution < 1.29 is 36.7 Å². The van der Waals surface area contributed by atoms with Crippen molar-refractivity contribution in [2.75, 3.05) is 9.80 Å². The second kappa shape index (κ2) is 12.5. The van der Waals surface area contributed by atoms with Crippen LogP contribution in [0.25, 0.3) is 0 Å². The molecule has 5 rings (SSSR count). The van der Waals surface area contributed by atoms with Crippen LogP contribution in [-0.2, 0) is 14.4 Å². The van der Waals surface area contributed by atoms with E-state index >= 15 is 0 Å². The van der Waals surface area contributed by atoms with Gasteiger partial charge in [-0.05, 0) is 30.7 Å². The minimum absolute atomic E-state index is 0.0484. The van der Waals surface area contributed by atoms with Gasteiger partial charge >= 0.3 is 6.61 Å². The first kappa shape index (κ1) is 30.7. The van der Waals surface area contributed by atoms with Crippen LogP contribution in [0, 0.1) is 11.3 Å². The molecule has 2 aliphatic rings. The number of anilines is 2. The van der Waals surface area contributed by atoms with Crippen LogP contribution in [0.1, 0.15) is 43.0 Å². The zero-order valence-corrected chi connectivity index (χ0v) is 23.4. The van der Waals surface area contributed by atoms with Gasteiger partial charge in [0.15, 0.2) is 0 Å². The average molecular weight is 631 g/mol. The highest BCUT2D eigenvalue weighted by Gasteiger charge is 2.49. The lowest BCUT2D eigenvalue weighted by Gasteiger charge is -2.39. The number of halogens is 5. The second-order valence-corrected chi connectivity index (χ2v) is 10.6. The van der Waals surface area contributed by atoms with E-state index in [1.807, 2.05) is 6.07 Å². The van der Waals surface area contributed by atoms with Crippen LogP contribution >= 0.6 is 11.6 Å². The summed E-state index contributed by atoms with van der Waals surface area (Å²) in [4.78, 5) is 51.5. The largest absolute Gasteiger partial charge is 0.435 e. The molecule has 10 nitrogen and oxygen atoms in total. The first-order chi connectivity index (χ1) is 21.0. The Morgan fingerprint density at radius 1 is 1.16 bits per heavy atom. The van der Waals surface area contributed by atoms with Crippen LogP contribution in [-0.4, -0.2) is 52.3 Å². The summed E-state index contributed by atoms with van der Waals surface area (Å²) >= 11 is 6.49. The Kier molecular flexibility index (Phi) is 8.68. The first-order valence-corrected chi connectivity index (χ1v) is 13.7. The highest BCUT2D eigenvalue weighted by atomic mass is 35.5. The SMILES string of the molecule is N#Cc1ccnc(N2C(=O)CCC2C(=O)N(c2cccc(OC(F)F)c2)C(C(=O)NC2CC(F)(F)C2)c2ccccc2Cl)n1. The summed E-state index contributed by atoms with van der Waals surface area (Å²) in [5.74, 6) is -5.78. The summed E-state index contributed by atoms with van der Waals surface area (Å²) in [6.07, 6.45) is -0.147. The van der Waals surface area contributed by atoms with Crippen molar-refractivity contribution in [1.82, 2.24) is 15.3 Å². The highest BCUT2D eigenvalue weighted by molar-refractivity contribution is 6.31. The third-order valence-corrected chi connectivity index (χ3v) is 7.52. The quantitative estimate of drug-likeness (QED) is 0.337. The van der Waals surface area contributed by atoms with Gasteiger partial charge in [-0.2, -0.15) is 14.0 Å². The van der Waals surface area contributed by atoms with Gasteiger partial charge in [-0.1, -0.05) is 35.9 Å². The fraction of sp³-hybridized carbons (Fsp3) is 0.310. The maximum absolute atomic E-state index is 14.5. The number of carbonyl (C=O) groups excluding carboxylic acids is 3. The Morgan fingerprint density at radius 2 is 1.91 bits per heavy atom. The number of benzene rings is 2. The molecule has 2 heterocycles. The Hall–Kier alpha value is -4.77. The average Bonchev–Trinajstić information content (AvgIpc) is 3.36. The Balaban J connectivity index is 1.63. The van der Waals surface area contributed by atoms with E-state index in [0.717, 1.165) is 15.9 Å². The predicted molar refractivity (Wildman–Crippen MR) is 148 cm³/mol. The molecule has 2 unspecified atom stereocenters. The van der Waals surface area contributed by atoms with Crippen LogP contribution < -0.4 is 19.9 Å². The molecule has 3 aromatic rings. The number of aromatic nitrogens is 2. The number of nitrogens with one attached hydrogen (secondary N) is 1. The molecule has 1 aliphatic heterocycles. The molecule has 1 N–H and O–H groups in total. The smallest absolute Gasteiger partial charge is 0.387 e. The number of hydrogen-bond acceptors (Lipinski definition) is 7. The van der Waals surface area contributed by atoms with Gasteiger partial charge < -0.3 is 10.1 Å². The summed E-state index contributed by atoms with van der Waals surface area (Å²) in [5.41, 5.74) is -0.0525. The molecule has 44 heavy (non-hydrogen) atoms. The van der Waals surface area contributed by atoms with E-state index in [4.69, 9.17) is 11.6 Å². The van der Waals surface area contributed by atoms with Crippen molar-refractivity contribution in [2.45, 2.75) is 56.3 Å². The number of rotatable bonds is 9. The molecule has 0 bridgehead atoms. The molecule has 1 saturated carbocycles. The van der Waals surface area contributed by atoms with Crippen molar-refractivity contribution in [1.29, 1.82) is 5.26 Å². The number of nitrogens with zero attached hydrogens (tertiary/aromatic N) is 5.